The van der Waals surface area contributed by atoms with E-state index in [-0.39, 0.29) is 18.4 Å². The third kappa shape index (κ3) is 5.79. The number of piperidine rings is 1. The van der Waals surface area contributed by atoms with Gasteiger partial charge in [-0.1, -0.05) is 30.3 Å². The Hall–Kier alpha value is -1.43. The molecule has 2 N–H and O–H groups in total. The molecule has 0 aromatic heterocycles. The largest absolute Gasteiger partial charge is 0.395 e. The molecule has 2 heterocycles. The summed E-state index contributed by atoms with van der Waals surface area (Å²) < 4.78 is 0. The highest BCUT2D eigenvalue weighted by Crippen LogP contribution is 2.24. The van der Waals surface area contributed by atoms with Gasteiger partial charge >= 0.3 is 0 Å². The van der Waals surface area contributed by atoms with Crippen LogP contribution in [0.25, 0.3) is 0 Å². The van der Waals surface area contributed by atoms with Crippen molar-refractivity contribution in [1.82, 2.24) is 15.1 Å². The van der Waals surface area contributed by atoms with Crippen molar-refractivity contribution in [1.29, 1.82) is 0 Å². The highest BCUT2D eigenvalue weighted by Gasteiger charge is 2.32. The van der Waals surface area contributed by atoms with Crippen molar-refractivity contribution < 1.29 is 9.90 Å². The van der Waals surface area contributed by atoms with Gasteiger partial charge in [-0.2, -0.15) is 0 Å². The van der Waals surface area contributed by atoms with Gasteiger partial charge in [-0.15, -0.1) is 0 Å². The fraction of sp³-hybridized carbons (Fsp3) is 0.667. The molecule has 2 fully saturated rings. The minimum Gasteiger partial charge on any atom is -0.395 e. The van der Waals surface area contributed by atoms with Crippen LogP contribution in [0.3, 0.4) is 0 Å². The summed E-state index contributed by atoms with van der Waals surface area (Å²) >= 11 is 0. The van der Waals surface area contributed by atoms with Crippen molar-refractivity contribution in [3.05, 3.63) is 35.9 Å². The van der Waals surface area contributed by atoms with Gasteiger partial charge in [-0.25, -0.2) is 0 Å². The third-order valence-corrected chi connectivity index (χ3v) is 5.67. The first-order chi connectivity index (χ1) is 12.7. The first-order valence-electron chi connectivity index (χ1n) is 10.1. The maximum absolute atomic E-state index is 12.5. The molecule has 1 amide bonds. The van der Waals surface area contributed by atoms with E-state index in [2.05, 4.69) is 45.4 Å². The van der Waals surface area contributed by atoms with Crippen molar-refractivity contribution >= 4 is 5.91 Å². The number of carbonyl (C=O) groups is 1. The van der Waals surface area contributed by atoms with Crippen LogP contribution in [0.4, 0.5) is 0 Å². The van der Waals surface area contributed by atoms with Crippen molar-refractivity contribution in [3.63, 3.8) is 0 Å². The molecule has 2 saturated heterocycles. The second-order valence-electron chi connectivity index (χ2n) is 7.82. The lowest BCUT2D eigenvalue weighted by Gasteiger charge is -2.38. The van der Waals surface area contributed by atoms with Crippen LogP contribution >= 0.6 is 0 Å². The fourth-order valence-electron chi connectivity index (χ4n) is 4.39. The van der Waals surface area contributed by atoms with Gasteiger partial charge in [0.2, 0.25) is 5.91 Å². The van der Waals surface area contributed by atoms with Gasteiger partial charge < -0.3 is 20.2 Å². The van der Waals surface area contributed by atoms with Crippen LogP contribution in [0.15, 0.2) is 30.3 Å². The van der Waals surface area contributed by atoms with E-state index in [1.165, 1.54) is 31.5 Å². The van der Waals surface area contributed by atoms with Crippen molar-refractivity contribution in [2.75, 3.05) is 52.4 Å². The number of hydrogen-bond donors (Lipinski definition) is 2. The summed E-state index contributed by atoms with van der Waals surface area (Å²) in [6.07, 6.45) is 4.62. The van der Waals surface area contributed by atoms with Crippen LogP contribution in [0.5, 0.6) is 0 Å². The zero-order valence-corrected chi connectivity index (χ0v) is 15.8. The standard InChI is InChI=1S/C21H33N3O2/c25-13-9-22-21(26)20-14-19(15-23-10-4-5-11-23)16-24(17-20)12-8-18-6-2-1-3-7-18/h1-3,6-7,19-20,25H,4-5,8-17H2,(H,22,26)/t19-,20-/m1/s1. The molecule has 3 rings (SSSR count). The van der Waals surface area contributed by atoms with Gasteiger partial charge in [0.1, 0.15) is 0 Å². The Morgan fingerprint density at radius 1 is 1.12 bits per heavy atom. The van der Waals surface area contributed by atoms with E-state index in [9.17, 15) is 4.79 Å². The maximum atomic E-state index is 12.5. The number of amides is 1. The summed E-state index contributed by atoms with van der Waals surface area (Å²) in [6, 6.07) is 10.6. The molecule has 0 aliphatic carbocycles. The molecular formula is C21H33N3O2. The van der Waals surface area contributed by atoms with Gasteiger partial charge in [0.15, 0.2) is 0 Å². The smallest absolute Gasteiger partial charge is 0.224 e. The lowest BCUT2D eigenvalue weighted by atomic mass is 9.87. The predicted octanol–water partition coefficient (Wildman–Crippen LogP) is 1.37. The van der Waals surface area contributed by atoms with Crippen LogP contribution in [0, 0.1) is 11.8 Å². The monoisotopic (exact) mass is 359 g/mol. The molecule has 2 atom stereocenters. The molecule has 5 heteroatoms. The van der Waals surface area contributed by atoms with E-state index in [0.717, 1.165) is 39.0 Å². The Labute approximate surface area is 157 Å². The Balaban J connectivity index is 1.57. The molecule has 0 saturated carbocycles. The van der Waals surface area contributed by atoms with E-state index in [0.29, 0.717) is 12.5 Å². The van der Waals surface area contributed by atoms with Gasteiger partial charge in [-0.3, -0.25) is 4.79 Å². The normalized spacial score (nSPS) is 24.7. The van der Waals surface area contributed by atoms with E-state index < -0.39 is 0 Å². The molecule has 144 valence electrons. The molecule has 0 radical (unpaired) electrons. The molecule has 0 bridgehead atoms. The second kappa shape index (κ2) is 10.0. The second-order valence-corrected chi connectivity index (χ2v) is 7.82. The molecule has 1 aromatic rings. The SMILES string of the molecule is O=C(NCCO)[C@@H]1C[C@H](CN2CCCC2)CN(CCc2ccccc2)C1. The van der Waals surface area contributed by atoms with Crippen LogP contribution in [-0.4, -0.2) is 73.2 Å². The highest BCUT2D eigenvalue weighted by atomic mass is 16.3. The highest BCUT2D eigenvalue weighted by molar-refractivity contribution is 5.79. The van der Waals surface area contributed by atoms with Crippen molar-refractivity contribution in [3.8, 4) is 0 Å². The maximum Gasteiger partial charge on any atom is 0.224 e. The Kier molecular flexibility index (Phi) is 7.47. The Morgan fingerprint density at radius 3 is 2.62 bits per heavy atom. The molecular weight excluding hydrogens is 326 g/mol. The fourth-order valence-corrected chi connectivity index (χ4v) is 4.39. The number of nitrogens with one attached hydrogen (secondary N) is 1. The summed E-state index contributed by atoms with van der Waals surface area (Å²) in [5, 5.41) is 11.9. The van der Waals surface area contributed by atoms with Crippen molar-refractivity contribution in [2.24, 2.45) is 11.8 Å². The summed E-state index contributed by atoms with van der Waals surface area (Å²) in [7, 11) is 0. The third-order valence-electron chi connectivity index (χ3n) is 5.67. The lowest BCUT2D eigenvalue weighted by molar-refractivity contribution is -0.127. The van der Waals surface area contributed by atoms with E-state index in [1.54, 1.807) is 0 Å². The molecule has 2 aliphatic rings. The average molecular weight is 360 g/mol. The minimum atomic E-state index is 0.00733. The zero-order chi connectivity index (χ0) is 18.2. The Bertz CT molecular complexity index is 545. The molecule has 0 spiro atoms. The van der Waals surface area contributed by atoms with E-state index in [1.807, 2.05) is 0 Å². The quantitative estimate of drug-likeness (QED) is 0.736. The number of aliphatic hydroxyl groups excluding tert-OH is 1. The predicted molar refractivity (Wildman–Crippen MR) is 104 cm³/mol. The first-order valence-corrected chi connectivity index (χ1v) is 10.1. The number of rotatable bonds is 8. The topological polar surface area (TPSA) is 55.8 Å². The van der Waals surface area contributed by atoms with Gasteiger partial charge in [0, 0.05) is 32.7 Å². The minimum absolute atomic E-state index is 0.00733. The molecule has 2 aliphatic heterocycles. The van der Waals surface area contributed by atoms with Crippen molar-refractivity contribution in [2.45, 2.75) is 25.7 Å². The summed E-state index contributed by atoms with van der Waals surface area (Å²) in [5.74, 6) is 0.705. The van der Waals surface area contributed by atoms with Gasteiger partial charge in [0.25, 0.3) is 0 Å². The number of nitrogens with zero attached hydrogens (tertiary/aromatic N) is 2. The summed E-state index contributed by atoms with van der Waals surface area (Å²) in [6.45, 7) is 6.83. The number of likely N-dealkylation sites (tertiary alicyclic amines) is 2. The lowest BCUT2D eigenvalue weighted by Crippen LogP contribution is -2.49. The van der Waals surface area contributed by atoms with E-state index >= 15 is 0 Å². The van der Waals surface area contributed by atoms with Crippen LogP contribution in [0.1, 0.15) is 24.8 Å². The van der Waals surface area contributed by atoms with Crippen LogP contribution in [0.2, 0.25) is 0 Å². The Morgan fingerprint density at radius 2 is 1.88 bits per heavy atom. The number of benzene rings is 1. The number of hydrogen-bond acceptors (Lipinski definition) is 4. The molecule has 1 aromatic carbocycles. The first kappa shape index (κ1) is 19.3. The summed E-state index contributed by atoms with van der Waals surface area (Å²) in [5.41, 5.74) is 1.36. The van der Waals surface area contributed by atoms with Crippen LogP contribution < -0.4 is 5.32 Å². The van der Waals surface area contributed by atoms with E-state index in [4.69, 9.17) is 5.11 Å². The number of carbonyl (C=O) groups excluding carboxylic acids is 1. The summed E-state index contributed by atoms with van der Waals surface area (Å²) in [4.78, 5) is 17.5. The van der Waals surface area contributed by atoms with Gasteiger partial charge in [-0.05, 0) is 50.3 Å². The molecule has 5 nitrogen and oxygen atoms in total. The van der Waals surface area contributed by atoms with Crippen LogP contribution in [-0.2, 0) is 11.2 Å². The molecule has 26 heavy (non-hydrogen) atoms. The average Bonchev–Trinajstić information content (AvgIpc) is 3.18. The molecule has 0 unspecified atom stereocenters. The van der Waals surface area contributed by atoms with Gasteiger partial charge in [0.05, 0.1) is 12.5 Å². The number of aliphatic hydroxyl groups is 1. The zero-order valence-electron chi connectivity index (χ0n) is 15.8.